The number of likely N-dealkylation sites (tertiary alicyclic amines) is 1. The first-order valence-electron chi connectivity index (χ1n) is 5.84. The number of amidine groups is 1. The van der Waals surface area contributed by atoms with Crippen molar-refractivity contribution in [2.75, 3.05) is 13.1 Å². The number of hydrogen-bond acceptors (Lipinski definition) is 4. The predicted molar refractivity (Wildman–Crippen MR) is 88.8 cm³/mol. The van der Waals surface area contributed by atoms with E-state index in [2.05, 4.69) is 37.2 Å². The first-order chi connectivity index (χ1) is 8.70. The standard InChI is InChI=1S/C12H16IN3S2/c1-9(14)16-5-3-11(7-16)17-8-10-6-15-4-2-12(10)18-13/h2,4,6,11,14H,3,5,7-8H2,1H3. The summed E-state index contributed by atoms with van der Waals surface area (Å²) in [6.45, 7) is 3.93. The van der Waals surface area contributed by atoms with Crippen molar-refractivity contribution in [2.24, 2.45) is 0 Å². The molecule has 1 saturated heterocycles. The molecule has 2 heterocycles. The second kappa shape index (κ2) is 7.00. The second-order valence-electron chi connectivity index (χ2n) is 4.31. The summed E-state index contributed by atoms with van der Waals surface area (Å²) in [6.07, 6.45) is 5.02. The molecule has 98 valence electrons. The first-order valence-corrected chi connectivity index (χ1v) is 10.2. The van der Waals surface area contributed by atoms with Crippen molar-refractivity contribution in [3.63, 3.8) is 0 Å². The van der Waals surface area contributed by atoms with E-state index in [0.717, 1.165) is 18.8 Å². The summed E-state index contributed by atoms with van der Waals surface area (Å²) >= 11 is 4.31. The van der Waals surface area contributed by atoms with Gasteiger partial charge in [-0.3, -0.25) is 10.4 Å². The maximum atomic E-state index is 7.64. The Labute approximate surface area is 129 Å². The molecule has 0 amide bonds. The highest BCUT2D eigenvalue weighted by Gasteiger charge is 2.23. The van der Waals surface area contributed by atoms with Crippen molar-refractivity contribution in [2.45, 2.75) is 29.2 Å². The van der Waals surface area contributed by atoms with Crippen LogP contribution in [0.1, 0.15) is 18.9 Å². The number of hydrogen-bond donors (Lipinski definition) is 1. The molecular weight excluding hydrogens is 377 g/mol. The molecule has 2 rings (SSSR count). The minimum atomic E-state index is 0.651. The fraction of sp³-hybridized carbons (Fsp3) is 0.500. The van der Waals surface area contributed by atoms with E-state index in [-0.39, 0.29) is 0 Å². The van der Waals surface area contributed by atoms with Gasteiger partial charge in [-0.05, 0) is 25.0 Å². The molecule has 0 aromatic carbocycles. The number of aromatic nitrogens is 1. The lowest BCUT2D eigenvalue weighted by Crippen LogP contribution is -2.25. The molecule has 1 aromatic heterocycles. The third-order valence-electron chi connectivity index (χ3n) is 3.04. The van der Waals surface area contributed by atoms with Crippen molar-refractivity contribution in [1.82, 2.24) is 9.88 Å². The molecule has 1 fully saturated rings. The minimum Gasteiger partial charge on any atom is -0.360 e. The zero-order chi connectivity index (χ0) is 13.0. The Bertz CT molecular complexity index is 428. The third-order valence-corrected chi connectivity index (χ3v) is 6.36. The molecule has 1 aromatic rings. The Kier molecular flexibility index (Phi) is 5.62. The SMILES string of the molecule is CC(=N)N1CCC(SCc2cnccc2SI)C1. The van der Waals surface area contributed by atoms with Gasteiger partial charge in [0.15, 0.2) is 0 Å². The average molecular weight is 393 g/mol. The number of pyridine rings is 1. The normalized spacial score (nSPS) is 19.2. The van der Waals surface area contributed by atoms with Crippen molar-refractivity contribution in [1.29, 1.82) is 5.41 Å². The van der Waals surface area contributed by atoms with Gasteiger partial charge in [-0.2, -0.15) is 11.8 Å². The Balaban J connectivity index is 1.87. The van der Waals surface area contributed by atoms with E-state index in [1.807, 2.05) is 31.1 Å². The zero-order valence-corrected chi connectivity index (χ0v) is 14.0. The van der Waals surface area contributed by atoms with Crippen molar-refractivity contribution >= 4 is 47.7 Å². The van der Waals surface area contributed by atoms with E-state index in [1.54, 1.807) is 8.93 Å². The average Bonchev–Trinajstić information content (AvgIpc) is 2.85. The Morgan fingerprint density at radius 2 is 2.50 bits per heavy atom. The summed E-state index contributed by atoms with van der Waals surface area (Å²) in [5.41, 5.74) is 1.33. The van der Waals surface area contributed by atoms with E-state index >= 15 is 0 Å². The zero-order valence-electron chi connectivity index (χ0n) is 10.2. The molecular formula is C12H16IN3S2. The van der Waals surface area contributed by atoms with Gasteiger partial charge in [0.25, 0.3) is 0 Å². The van der Waals surface area contributed by atoms with Gasteiger partial charge in [-0.15, -0.1) is 0 Å². The molecule has 0 saturated carbocycles. The lowest BCUT2D eigenvalue weighted by molar-refractivity contribution is 0.514. The van der Waals surface area contributed by atoms with Crippen LogP contribution in [0.3, 0.4) is 0 Å². The first kappa shape index (κ1) is 14.5. The predicted octanol–water partition coefficient (Wildman–Crippen LogP) is 3.83. The van der Waals surface area contributed by atoms with Gasteiger partial charge in [0.2, 0.25) is 0 Å². The van der Waals surface area contributed by atoms with Gasteiger partial charge >= 0.3 is 0 Å². The van der Waals surface area contributed by atoms with Crippen LogP contribution in [0, 0.1) is 5.41 Å². The number of rotatable bonds is 4. The van der Waals surface area contributed by atoms with Crippen LogP contribution in [0.25, 0.3) is 0 Å². The van der Waals surface area contributed by atoms with Crippen LogP contribution >= 0.6 is 41.9 Å². The highest BCUT2D eigenvalue weighted by Crippen LogP contribution is 2.32. The van der Waals surface area contributed by atoms with Crippen molar-refractivity contribution in [3.05, 3.63) is 24.0 Å². The van der Waals surface area contributed by atoms with Gasteiger partial charge in [0.1, 0.15) is 0 Å². The molecule has 6 heteroatoms. The van der Waals surface area contributed by atoms with Crippen LogP contribution in [-0.2, 0) is 5.75 Å². The lowest BCUT2D eigenvalue weighted by atomic mass is 10.3. The van der Waals surface area contributed by atoms with Gasteiger partial charge in [-0.25, -0.2) is 0 Å². The second-order valence-corrected chi connectivity index (χ2v) is 7.52. The highest BCUT2D eigenvalue weighted by atomic mass is 127. The van der Waals surface area contributed by atoms with Crippen LogP contribution in [-0.4, -0.2) is 34.1 Å². The Hall–Kier alpha value is 0.0500. The summed E-state index contributed by atoms with van der Waals surface area (Å²) in [6, 6.07) is 2.08. The minimum absolute atomic E-state index is 0.651. The lowest BCUT2D eigenvalue weighted by Gasteiger charge is -2.16. The third kappa shape index (κ3) is 3.77. The quantitative estimate of drug-likeness (QED) is 0.480. The van der Waals surface area contributed by atoms with Gasteiger partial charge < -0.3 is 4.90 Å². The Morgan fingerprint density at radius 3 is 3.17 bits per heavy atom. The summed E-state index contributed by atoms with van der Waals surface area (Å²) < 4.78 is 0. The van der Waals surface area contributed by atoms with Crippen LogP contribution in [0.5, 0.6) is 0 Å². The summed E-state index contributed by atoms with van der Waals surface area (Å²) in [5, 5.41) is 8.29. The molecule has 0 bridgehead atoms. The monoisotopic (exact) mass is 393 g/mol. The molecule has 1 atom stereocenters. The molecule has 18 heavy (non-hydrogen) atoms. The molecule has 0 radical (unpaired) electrons. The summed E-state index contributed by atoms with van der Waals surface area (Å²) in [5.74, 6) is 1.72. The Morgan fingerprint density at radius 1 is 1.67 bits per heavy atom. The molecule has 1 unspecified atom stereocenters. The highest BCUT2D eigenvalue weighted by molar-refractivity contribution is 14.2. The van der Waals surface area contributed by atoms with E-state index in [1.165, 1.54) is 16.9 Å². The van der Waals surface area contributed by atoms with Gasteiger partial charge in [-0.1, -0.05) is 8.93 Å². The van der Waals surface area contributed by atoms with E-state index in [0.29, 0.717) is 11.1 Å². The molecule has 1 N–H and O–H groups in total. The number of nitrogens with one attached hydrogen (secondary N) is 1. The smallest absolute Gasteiger partial charge is 0.0926 e. The molecule has 0 aliphatic carbocycles. The number of halogens is 1. The molecule has 1 aliphatic rings. The van der Waals surface area contributed by atoms with Crippen molar-refractivity contribution < 1.29 is 0 Å². The van der Waals surface area contributed by atoms with Crippen LogP contribution in [0.4, 0.5) is 0 Å². The van der Waals surface area contributed by atoms with Gasteiger partial charge in [0.05, 0.1) is 5.84 Å². The maximum absolute atomic E-state index is 7.64. The topological polar surface area (TPSA) is 40.0 Å². The van der Waals surface area contributed by atoms with Gasteiger partial charge in [0, 0.05) is 62.6 Å². The van der Waals surface area contributed by atoms with Crippen molar-refractivity contribution in [3.8, 4) is 0 Å². The largest absolute Gasteiger partial charge is 0.360 e. The fourth-order valence-electron chi connectivity index (χ4n) is 1.97. The number of nitrogens with zero attached hydrogens (tertiary/aromatic N) is 2. The summed E-state index contributed by atoms with van der Waals surface area (Å²) in [4.78, 5) is 7.68. The van der Waals surface area contributed by atoms with Crippen LogP contribution < -0.4 is 0 Å². The molecule has 3 nitrogen and oxygen atoms in total. The maximum Gasteiger partial charge on any atom is 0.0926 e. The molecule has 0 spiro atoms. The van der Waals surface area contributed by atoms with Crippen LogP contribution in [0.2, 0.25) is 0 Å². The number of thioether (sulfide) groups is 1. The molecule has 1 aliphatic heterocycles. The fourth-order valence-corrected chi connectivity index (χ4v) is 4.89. The van der Waals surface area contributed by atoms with E-state index in [9.17, 15) is 0 Å². The van der Waals surface area contributed by atoms with E-state index < -0.39 is 0 Å². The summed E-state index contributed by atoms with van der Waals surface area (Å²) in [7, 11) is 1.76. The van der Waals surface area contributed by atoms with E-state index in [4.69, 9.17) is 5.41 Å². The van der Waals surface area contributed by atoms with Crippen LogP contribution in [0.15, 0.2) is 23.4 Å².